The van der Waals surface area contributed by atoms with E-state index < -0.39 is 5.82 Å². The molecule has 3 heteroatoms. The summed E-state index contributed by atoms with van der Waals surface area (Å²) in [5.41, 5.74) is 1.74. The van der Waals surface area contributed by atoms with E-state index in [1.54, 1.807) is 6.07 Å². The van der Waals surface area contributed by atoms with E-state index in [2.05, 4.69) is 5.32 Å². The molecule has 0 saturated carbocycles. The van der Waals surface area contributed by atoms with Crippen LogP contribution < -0.4 is 5.32 Å². The van der Waals surface area contributed by atoms with Crippen LogP contribution in [0.5, 0.6) is 5.75 Å². The average Bonchev–Trinajstić information content (AvgIpc) is 2.71. The first-order valence-electron chi connectivity index (χ1n) is 5.36. The lowest BCUT2D eigenvalue weighted by Gasteiger charge is -2.13. The zero-order valence-corrected chi connectivity index (χ0v) is 8.89. The van der Waals surface area contributed by atoms with Crippen molar-refractivity contribution < 1.29 is 9.50 Å². The molecule has 1 heterocycles. The SMILES string of the molecule is Cc1ccc(F)c(O)c1CC1CCNC1. The largest absolute Gasteiger partial charge is 0.505 e. The fourth-order valence-electron chi connectivity index (χ4n) is 2.14. The summed E-state index contributed by atoms with van der Waals surface area (Å²) in [6.07, 6.45) is 1.87. The second-order valence-electron chi connectivity index (χ2n) is 4.25. The minimum absolute atomic E-state index is 0.165. The molecule has 1 atom stereocenters. The van der Waals surface area contributed by atoms with Gasteiger partial charge in [-0.1, -0.05) is 6.07 Å². The molecule has 1 unspecified atom stereocenters. The van der Waals surface area contributed by atoms with Gasteiger partial charge in [0.2, 0.25) is 0 Å². The molecule has 0 spiro atoms. The molecule has 1 fully saturated rings. The van der Waals surface area contributed by atoms with Crippen molar-refractivity contribution in [3.05, 3.63) is 29.1 Å². The maximum atomic E-state index is 13.2. The Hall–Kier alpha value is -1.09. The van der Waals surface area contributed by atoms with Crippen molar-refractivity contribution in [2.45, 2.75) is 19.8 Å². The topological polar surface area (TPSA) is 32.3 Å². The highest BCUT2D eigenvalue weighted by atomic mass is 19.1. The van der Waals surface area contributed by atoms with Gasteiger partial charge in [0.25, 0.3) is 0 Å². The number of aromatic hydroxyl groups is 1. The summed E-state index contributed by atoms with van der Waals surface area (Å²) in [7, 11) is 0. The number of benzene rings is 1. The molecule has 0 aromatic heterocycles. The molecule has 0 bridgehead atoms. The molecule has 2 nitrogen and oxygen atoms in total. The summed E-state index contributed by atoms with van der Waals surface area (Å²) in [4.78, 5) is 0. The van der Waals surface area contributed by atoms with Crippen LogP contribution in [0.25, 0.3) is 0 Å². The first-order valence-corrected chi connectivity index (χ1v) is 5.36. The van der Waals surface area contributed by atoms with E-state index in [1.165, 1.54) is 6.07 Å². The predicted octanol–water partition coefficient (Wildman–Crippen LogP) is 1.99. The number of hydrogen-bond donors (Lipinski definition) is 2. The van der Waals surface area contributed by atoms with Crippen LogP contribution in [0.3, 0.4) is 0 Å². The maximum Gasteiger partial charge on any atom is 0.165 e. The molecule has 1 aliphatic heterocycles. The van der Waals surface area contributed by atoms with E-state index in [4.69, 9.17) is 0 Å². The number of phenolic OH excluding ortho intramolecular Hbond substituents is 1. The van der Waals surface area contributed by atoms with Gasteiger partial charge in [0.15, 0.2) is 11.6 Å². The van der Waals surface area contributed by atoms with Crippen LogP contribution in [0.15, 0.2) is 12.1 Å². The highest BCUT2D eigenvalue weighted by molar-refractivity contribution is 5.40. The Morgan fingerprint density at radius 3 is 3.00 bits per heavy atom. The molecule has 2 N–H and O–H groups in total. The Morgan fingerprint density at radius 2 is 2.33 bits per heavy atom. The van der Waals surface area contributed by atoms with E-state index in [1.807, 2.05) is 6.92 Å². The summed E-state index contributed by atoms with van der Waals surface area (Å²) in [5, 5.41) is 12.9. The Bertz CT molecular complexity index is 359. The molecule has 1 aliphatic rings. The van der Waals surface area contributed by atoms with Crippen molar-refractivity contribution in [2.75, 3.05) is 13.1 Å². The van der Waals surface area contributed by atoms with Crippen LogP contribution in [0.4, 0.5) is 4.39 Å². The van der Waals surface area contributed by atoms with Crippen LogP contribution in [-0.4, -0.2) is 18.2 Å². The highest BCUT2D eigenvalue weighted by Gasteiger charge is 2.19. The predicted molar refractivity (Wildman–Crippen MR) is 57.5 cm³/mol. The lowest BCUT2D eigenvalue weighted by atomic mass is 9.94. The summed E-state index contributed by atoms with van der Waals surface area (Å²) < 4.78 is 13.2. The summed E-state index contributed by atoms with van der Waals surface area (Å²) >= 11 is 0. The normalized spacial score (nSPS) is 20.8. The molecule has 1 aromatic carbocycles. The fraction of sp³-hybridized carbons (Fsp3) is 0.500. The van der Waals surface area contributed by atoms with Crippen molar-refractivity contribution in [2.24, 2.45) is 5.92 Å². The minimum Gasteiger partial charge on any atom is -0.505 e. The monoisotopic (exact) mass is 209 g/mol. The zero-order valence-electron chi connectivity index (χ0n) is 8.89. The first kappa shape index (κ1) is 10.4. The third kappa shape index (κ3) is 2.12. The fourth-order valence-corrected chi connectivity index (χ4v) is 2.14. The van der Waals surface area contributed by atoms with Crippen LogP contribution in [0, 0.1) is 18.7 Å². The summed E-state index contributed by atoms with van der Waals surface area (Å²) in [5.74, 6) is -0.153. The van der Waals surface area contributed by atoms with E-state index in [9.17, 15) is 9.50 Å². The Balaban J connectivity index is 2.22. The smallest absolute Gasteiger partial charge is 0.165 e. The van der Waals surface area contributed by atoms with Crippen molar-refractivity contribution in [3.63, 3.8) is 0 Å². The van der Waals surface area contributed by atoms with Gasteiger partial charge in [-0.2, -0.15) is 0 Å². The van der Waals surface area contributed by atoms with Gasteiger partial charge in [0.1, 0.15) is 0 Å². The second-order valence-corrected chi connectivity index (χ2v) is 4.25. The molecule has 15 heavy (non-hydrogen) atoms. The quantitative estimate of drug-likeness (QED) is 0.780. The highest BCUT2D eigenvalue weighted by Crippen LogP contribution is 2.28. The van der Waals surface area contributed by atoms with E-state index >= 15 is 0 Å². The van der Waals surface area contributed by atoms with Gasteiger partial charge in [-0.15, -0.1) is 0 Å². The van der Waals surface area contributed by atoms with Crippen molar-refractivity contribution in [1.29, 1.82) is 0 Å². The zero-order chi connectivity index (χ0) is 10.8. The number of aryl methyl sites for hydroxylation is 1. The molecule has 0 amide bonds. The van der Waals surface area contributed by atoms with E-state index in [0.717, 1.165) is 37.1 Å². The lowest BCUT2D eigenvalue weighted by molar-refractivity contribution is 0.419. The van der Waals surface area contributed by atoms with E-state index in [-0.39, 0.29) is 5.75 Å². The number of halogens is 1. The molecule has 82 valence electrons. The van der Waals surface area contributed by atoms with Gasteiger partial charge in [-0.3, -0.25) is 0 Å². The van der Waals surface area contributed by atoms with Crippen LogP contribution in [0.2, 0.25) is 0 Å². The second kappa shape index (κ2) is 4.19. The average molecular weight is 209 g/mol. The standard InChI is InChI=1S/C12H16FNO/c1-8-2-3-11(13)12(15)10(8)6-9-4-5-14-7-9/h2-3,9,14-15H,4-7H2,1H3. The number of hydrogen-bond acceptors (Lipinski definition) is 2. The summed E-state index contributed by atoms with van der Waals surface area (Å²) in [6, 6.07) is 3.05. The van der Waals surface area contributed by atoms with Crippen molar-refractivity contribution in [3.8, 4) is 5.75 Å². The van der Waals surface area contributed by atoms with Gasteiger partial charge >= 0.3 is 0 Å². The summed E-state index contributed by atoms with van der Waals surface area (Å²) in [6.45, 7) is 3.91. The molecule has 0 radical (unpaired) electrons. The molecular weight excluding hydrogens is 193 g/mol. The number of phenols is 1. The van der Waals surface area contributed by atoms with Gasteiger partial charge in [0, 0.05) is 5.56 Å². The molecule has 2 rings (SSSR count). The van der Waals surface area contributed by atoms with Gasteiger partial charge in [0.05, 0.1) is 0 Å². The van der Waals surface area contributed by atoms with Gasteiger partial charge in [-0.25, -0.2) is 4.39 Å². The van der Waals surface area contributed by atoms with E-state index in [0.29, 0.717) is 5.92 Å². The molecule has 1 saturated heterocycles. The Morgan fingerprint density at radius 1 is 1.53 bits per heavy atom. The van der Waals surface area contributed by atoms with Crippen molar-refractivity contribution in [1.82, 2.24) is 5.32 Å². The van der Waals surface area contributed by atoms with Gasteiger partial charge in [-0.05, 0) is 50.4 Å². The van der Waals surface area contributed by atoms with Crippen LogP contribution in [-0.2, 0) is 6.42 Å². The van der Waals surface area contributed by atoms with Gasteiger partial charge < -0.3 is 10.4 Å². The third-order valence-electron chi connectivity index (χ3n) is 3.12. The maximum absolute atomic E-state index is 13.2. The lowest BCUT2D eigenvalue weighted by Crippen LogP contribution is -2.11. The van der Waals surface area contributed by atoms with Crippen molar-refractivity contribution >= 4 is 0 Å². The first-order chi connectivity index (χ1) is 7.18. The number of rotatable bonds is 2. The Labute approximate surface area is 89.1 Å². The number of nitrogens with one attached hydrogen (secondary N) is 1. The Kier molecular flexibility index (Phi) is 2.91. The molecule has 0 aliphatic carbocycles. The van der Waals surface area contributed by atoms with Crippen LogP contribution >= 0.6 is 0 Å². The molecular formula is C12H16FNO. The minimum atomic E-state index is -0.512. The molecule has 1 aromatic rings. The third-order valence-corrected chi connectivity index (χ3v) is 3.12. The van der Waals surface area contributed by atoms with Crippen LogP contribution in [0.1, 0.15) is 17.5 Å².